The van der Waals surface area contributed by atoms with E-state index in [9.17, 15) is 4.79 Å². The van der Waals surface area contributed by atoms with Crippen molar-refractivity contribution >= 4 is 11.9 Å². The summed E-state index contributed by atoms with van der Waals surface area (Å²) in [7, 11) is 3.61. The SMILES string of the molecule is CN(C)C(=O)CN=C(NC1CCN(Cc2ccccc2)CC1)N1CCC2(CCCCC2)C1. The van der Waals surface area contributed by atoms with Crippen molar-refractivity contribution in [2.24, 2.45) is 10.4 Å². The van der Waals surface area contributed by atoms with Crippen LogP contribution in [0, 0.1) is 5.41 Å². The topological polar surface area (TPSA) is 51.2 Å². The monoisotopic (exact) mass is 439 g/mol. The Morgan fingerprint density at radius 3 is 2.47 bits per heavy atom. The van der Waals surface area contributed by atoms with E-state index in [4.69, 9.17) is 4.99 Å². The van der Waals surface area contributed by atoms with Crippen molar-refractivity contribution in [3.8, 4) is 0 Å². The van der Waals surface area contributed by atoms with E-state index < -0.39 is 0 Å². The first-order valence-electron chi connectivity index (χ1n) is 12.6. The second-order valence-corrected chi connectivity index (χ2v) is 10.3. The molecule has 1 saturated carbocycles. The fourth-order valence-electron chi connectivity index (χ4n) is 5.61. The number of carbonyl (C=O) groups is 1. The van der Waals surface area contributed by atoms with Gasteiger partial charge in [-0.15, -0.1) is 0 Å². The molecule has 1 aromatic carbocycles. The van der Waals surface area contributed by atoms with E-state index in [1.54, 1.807) is 19.0 Å². The molecule has 0 radical (unpaired) electrons. The summed E-state index contributed by atoms with van der Waals surface area (Å²) in [6.07, 6.45) is 10.3. The zero-order chi connectivity index (χ0) is 22.4. The van der Waals surface area contributed by atoms with Gasteiger partial charge in [0.05, 0.1) is 0 Å². The molecule has 176 valence electrons. The van der Waals surface area contributed by atoms with Crippen LogP contribution in [0.4, 0.5) is 0 Å². The van der Waals surface area contributed by atoms with Gasteiger partial charge in [0.2, 0.25) is 5.91 Å². The number of hydrogen-bond donors (Lipinski definition) is 1. The summed E-state index contributed by atoms with van der Waals surface area (Å²) in [6, 6.07) is 11.2. The fraction of sp³-hybridized carbons (Fsp3) is 0.692. The molecule has 6 nitrogen and oxygen atoms in total. The van der Waals surface area contributed by atoms with Crippen molar-refractivity contribution in [2.45, 2.75) is 64.0 Å². The normalized spacial score (nSPS) is 22.3. The van der Waals surface area contributed by atoms with Crippen molar-refractivity contribution in [3.63, 3.8) is 0 Å². The van der Waals surface area contributed by atoms with Crippen LogP contribution < -0.4 is 5.32 Å². The van der Waals surface area contributed by atoms with Crippen LogP contribution in [0.2, 0.25) is 0 Å². The predicted octanol–water partition coefficient (Wildman–Crippen LogP) is 3.34. The lowest BCUT2D eigenvalue weighted by Gasteiger charge is -2.36. The quantitative estimate of drug-likeness (QED) is 0.565. The zero-order valence-electron chi connectivity index (χ0n) is 20.1. The number of likely N-dealkylation sites (tertiary alicyclic amines) is 2. The molecule has 0 bridgehead atoms. The number of guanidine groups is 1. The molecule has 0 aromatic heterocycles. The molecule has 3 aliphatic rings. The van der Waals surface area contributed by atoms with Gasteiger partial charge in [0, 0.05) is 52.9 Å². The van der Waals surface area contributed by atoms with E-state index >= 15 is 0 Å². The Kier molecular flexibility index (Phi) is 7.71. The molecule has 1 N–H and O–H groups in total. The molecule has 2 aliphatic heterocycles. The summed E-state index contributed by atoms with van der Waals surface area (Å²) in [5.41, 5.74) is 1.86. The first-order chi connectivity index (χ1) is 15.5. The molecule has 0 unspecified atom stereocenters. The Hall–Kier alpha value is -2.08. The Bertz CT molecular complexity index is 764. The molecular formula is C26H41N5O. The predicted molar refractivity (Wildman–Crippen MR) is 131 cm³/mol. The molecule has 3 fully saturated rings. The lowest BCUT2D eigenvalue weighted by atomic mass is 9.73. The summed E-state index contributed by atoms with van der Waals surface area (Å²) in [5, 5.41) is 3.78. The number of aliphatic imine (C=N–C) groups is 1. The number of piperidine rings is 1. The highest BCUT2D eigenvalue weighted by atomic mass is 16.2. The maximum Gasteiger partial charge on any atom is 0.243 e. The van der Waals surface area contributed by atoms with E-state index in [0.29, 0.717) is 11.5 Å². The van der Waals surface area contributed by atoms with Crippen LogP contribution in [-0.4, -0.2) is 79.4 Å². The number of hydrogen-bond acceptors (Lipinski definition) is 3. The lowest BCUT2D eigenvalue weighted by molar-refractivity contribution is -0.127. The third kappa shape index (κ3) is 6.03. The Morgan fingerprint density at radius 2 is 1.78 bits per heavy atom. The van der Waals surface area contributed by atoms with E-state index in [-0.39, 0.29) is 12.5 Å². The zero-order valence-corrected chi connectivity index (χ0v) is 20.1. The van der Waals surface area contributed by atoms with Gasteiger partial charge in [0.25, 0.3) is 0 Å². The number of nitrogens with one attached hydrogen (secondary N) is 1. The van der Waals surface area contributed by atoms with Gasteiger partial charge in [-0.1, -0.05) is 49.6 Å². The van der Waals surface area contributed by atoms with Gasteiger partial charge in [-0.05, 0) is 43.1 Å². The Balaban J connectivity index is 1.35. The number of likely N-dealkylation sites (N-methyl/N-ethyl adjacent to an activating group) is 1. The van der Waals surface area contributed by atoms with Crippen molar-refractivity contribution in [2.75, 3.05) is 46.8 Å². The van der Waals surface area contributed by atoms with Crippen molar-refractivity contribution in [1.29, 1.82) is 0 Å². The first-order valence-corrected chi connectivity index (χ1v) is 12.6. The lowest BCUT2D eigenvalue weighted by Crippen LogP contribution is -2.50. The highest BCUT2D eigenvalue weighted by molar-refractivity contribution is 5.85. The standard InChI is InChI=1S/C26H41N5O/c1-29(2)24(32)19-27-25(31-18-15-26(21-31)13-7-4-8-14-26)28-23-11-16-30(17-12-23)20-22-9-5-3-6-10-22/h3,5-6,9-10,23H,4,7-8,11-21H2,1-2H3,(H,27,28). The van der Waals surface area contributed by atoms with Crippen molar-refractivity contribution < 1.29 is 4.79 Å². The minimum atomic E-state index is 0.0635. The highest BCUT2D eigenvalue weighted by Gasteiger charge is 2.40. The second kappa shape index (κ2) is 10.7. The van der Waals surface area contributed by atoms with Gasteiger partial charge >= 0.3 is 0 Å². The van der Waals surface area contributed by atoms with Gasteiger partial charge in [-0.2, -0.15) is 0 Å². The number of benzene rings is 1. The highest BCUT2D eigenvalue weighted by Crippen LogP contribution is 2.43. The first kappa shape index (κ1) is 23.1. The minimum Gasteiger partial charge on any atom is -0.353 e. The summed E-state index contributed by atoms with van der Waals surface area (Å²) in [4.78, 5) is 23.7. The van der Waals surface area contributed by atoms with Crippen LogP contribution in [0.25, 0.3) is 0 Å². The van der Waals surface area contributed by atoms with Gasteiger partial charge in [0.1, 0.15) is 6.54 Å². The number of carbonyl (C=O) groups excluding carboxylic acids is 1. The number of rotatable bonds is 5. The van der Waals surface area contributed by atoms with Crippen LogP contribution in [-0.2, 0) is 11.3 Å². The Labute approximate surface area is 194 Å². The maximum absolute atomic E-state index is 12.2. The molecule has 1 spiro atoms. The van der Waals surface area contributed by atoms with Gasteiger partial charge in [-0.3, -0.25) is 9.69 Å². The van der Waals surface area contributed by atoms with E-state index in [2.05, 4.69) is 45.4 Å². The number of nitrogens with zero attached hydrogens (tertiary/aromatic N) is 4. The van der Waals surface area contributed by atoms with Crippen LogP contribution >= 0.6 is 0 Å². The average molecular weight is 440 g/mol. The van der Waals surface area contributed by atoms with Crippen LogP contribution in [0.1, 0.15) is 56.9 Å². The molecule has 6 heteroatoms. The summed E-state index contributed by atoms with van der Waals surface area (Å²) in [5.74, 6) is 1.03. The molecule has 1 aromatic rings. The third-order valence-electron chi connectivity index (χ3n) is 7.68. The fourth-order valence-corrected chi connectivity index (χ4v) is 5.61. The Morgan fingerprint density at radius 1 is 1.06 bits per heavy atom. The van der Waals surface area contributed by atoms with Gasteiger partial charge < -0.3 is 15.1 Å². The molecule has 32 heavy (non-hydrogen) atoms. The molecular weight excluding hydrogens is 398 g/mol. The second-order valence-electron chi connectivity index (χ2n) is 10.3. The maximum atomic E-state index is 12.2. The minimum absolute atomic E-state index is 0.0635. The summed E-state index contributed by atoms with van der Waals surface area (Å²) < 4.78 is 0. The third-order valence-corrected chi connectivity index (χ3v) is 7.68. The molecule has 2 saturated heterocycles. The van der Waals surface area contributed by atoms with E-state index in [1.165, 1.54) is 44.1 Å². The van der Waals surface area contributed by atoms with Crippen LogP contribution in [0.3, 0.4) is 0 Å². The summed E-state index contributed by atoms with van der Waals surface area (Å²) >= 11 is 0. The van der Waals surface area contributed by atoms with Crippen LogP contribution in [0.5, 0.6) is 0 Å². The van der Waals surface area contributed by atoms with Crippen molar-refractivity contribution in [3.05, 3.63) is 35.9 Å². The molecule has 4 rings (SSSR count). The van der Waals surface area contributed by atoms with Gasteiger partial charge in [0.15, 0.2) is 5.96 Å². The van der Waals surface area contributed by atoms with Crippen molar-refractivity contribution in [1.82, 2.24) is 20.0 Å². The largest absolute Gasteiger partial charge is 0.353 e. The van der Waals surface area contributed by atoms with E-state index in [0.717, 1.165) is 51.5 Å². The molecule has 0 atom stereocenters. The number of amides is 1. The summed E-state index contributed by atoms with van der Waals surface area (Å²) in [6.45, 7) is 5.61. The van der Waals surface area contributed by atoms with E-state index in [1.807, 2.05) is 0 Å². The molecule has 2 heterocycles. The molecule has 1 aliphatic carbocycles. The molecule has 1 amide bonds. The van der Waals surface area contributed by atoms with Gasteiger partial charge in [-0.25, -0.2) is 4.99 Å². The smallest absolute Gasteiger partial charge is 0.243 e. The van der Waals surface area contributed by atoms with Crippen LogP contribution in [0.15, 0.2) is 35.3 Å². The average Bonchev–Trinajstić information content (AvgIpc) is 3.21.